The Morgan fingerprint density at radius 2 is 1.59 bits per heavy atom. The second kappa shape index (κ2) is 12.0. The minimum Gasteiger partial charge on any atom is -1.00 e. The average Bonchev–Trinajstić information content (AvgIpc) is 3.33. The predicted molar refractivity (Wildman–Crippen MR) is 111 cm³/mol. The molecule has 0 N–H and O–H groups in total. The van der Waals surface area contributed by atoms with Gasteiger partial charge in [-0.3, -0.25) is 0 Å². The first kappa shape index (κ1) is 24.4. The van der Waals surface area contributed by atoms with E-state index in [2.05, 4.69) is 85.4 Å². The number of benzene rings is 2. The quantitative estimate of drug-likeness (QED) is 0.523. The summed E-state index contributed by atoms with van der Waals surface area (Å²) in [7, 11) is 0. The minimum absolute atomic E-state index is 0. The molecule has 0 saturated carbocycles. The third-order valence-electron chi connectivity index (χ3n) is 4.95. The van der Waals surface area contributed by atoms with Crippen LogP contribution in [0.15, 0.2) is 76.1 Å². The van der Waals surface area contributed by atoms with E-state index in [0.29, 0.717) is 0 Å². The Balaban J connectivity index is 0.000000883. The summed E-state index contributed by atoms with van der Waals surface area (Å²) < 4.78 is 2.63. The first-order valence-electron chi connectivity index (χ1n) is 9.46. The van der Waals surface area contributed by atoms with Gasteiger partial charge in [-0.15, -0.1) is 0 Å². The van der Waals surface area contributed by atoms with Crippen LogP contribution in [0.2, 0.25) is 6.55 Å². The van der Waals surface area contributed by atoms with Crippen LogP contribution < -0.4 is 24.8 Å². The molecule has 2 aliphatic carbocycles. The standard InChI is InChI=1S/C11H9.C9H7.C2H6.CH5Si.2ClH.Zr/c1-2-6-10(7-3-1)11-8-4-5-9-11;1-2-5-9-7-3-6-8(9)4-1;2*1-2;;;/h1-3,6-9H,4H2;1-7H;1-2H3;2H2,1H3;2*1H;/q;;;;;;+2/p-2. The molecule has 0 nitrogen and oxygen atoms in total. The van der Waals surface area contributed by atoms with Crippen molar-refractivity contribution in [2.45, 2.75) is 30.4 Å². The summed E-state index contributed by atoms with van der Waals surface area (Å²) in [6.45, 7) is 6.62. The van der Waals surface area contributed by atoms with E-state index in [1.807, 2.05) is 17.1 Å². The number of halogens is 2. The second-order valence-corrected chi connectivity index (χ2v) is 22.4. The summed E-state index contributed by atoms with van der Waals surface area (Å²) in [5.74, 6) is 0. The summed E-state index contributed by atoms with van der Waals surface area (Å²) in [6.07, 6.45) is 11.1. The molecule has 0 heterocycles. The number of hydrogen-bond donors (Lipinski definition) is 0. The van der Waals surface area contributed by atoms with E-state index in [-0.39, 0.29) is 31.5 Å². The number of allylic oxidation sites excluding steroid dienone is 5. The third kappa shape index (κ3) is 5.45. The number of rotatable bonds is 4. The van der Waals surface area contributed by atoms with E-state index in [9.17, 15) is 0 Å². The van der Waals surface area contributed by atoms with Crippen molar-refractivity contribution in [1.29, 1.82) is 0 Å². The molecule has 0 amide bonds. The minimum atomic E-state index is -1.52. The maximum Gasteiger partial charge on any atom is -1.00 e. The molecule has 0 aromatic heterocycles. The van der Waals surface area contributed by atoms with Gasteiger partial charge in [0, 0.05) is 0 Å². The maximum atomic E-state index is 2.55. The van der Waals surface area contributed by atoms with E-state index in [1.165, 1.54) is 23.1 Å². The Morgan fingerprint density at radius 3 is 2.30 bits per heavy atom. The molecule has 0 fully saturated rings. The van der Waals surface area contributed by atoms with Gasteiger partial charge in [0.25, 0.3) is 0 Å². The SMILES string of the molecule is CC.C[SiH2][Zr+2]([C]1=CC(c2ccccc2)=CC1)[CH]1C=Cc2ccccc21.[Cl-].[Cl-]. The van der Waals surface area contributed by atoms with Crippen LogP contribution in [0.3, 0.4) is 0 Å². The van der Waals surface area contributed by atoms with E-state index < -0.39 is 20.9 Å². The summed E-state index contributed by atoms with van der Waals surface area (Å²) in [5, 5.41) is 0. The fourth-order valence-corrected chi connectivity index (χ4v) is 19.9. The van der Waals surface area contributed by atoms with Crippen LogP contribution >= 0.6 is 0 Å². The molecule has 2 aromatic carbocycles. The fraction of sp³-hybridized carbons (Fsp3) is 0.217. The van der Waals surface area contributed by atoms with Crippen molar-refractivity contribution in [3.63, 3.8) is 0 Å². The molecule has 1 unspecified atom stereocenters. The molecule has 0 spiro atoms. The first-order chi connectivity index (χ1) is 12.4. The van der Waals surface area contributed by atoms with Crippen LogP contribution in [0, 0.1) is 0 Å². The van der Waals surface area contributed by atoms with Crippen molar-refractivity contribution >= 4 is 18.3 Å². The molecule has 141 valence electrons. The molecule has 4 rings (SSSR count). The topological polar surface area (TPSA) is 0 Å². The zero-order valence-corrected chi connectivity index (χ0v) is 21.6. The zero-order valence-electron chi connectivity index (χ0n) is 16.3. The average molecular weight is 494 g/mol. The van der Waals surface area contributed by atoms with Gasteiger partial charge in [-0.05, 0) is 0 Å². The van der Waals surface area contributed by atoms with Gasteiger partial charge in [0.15, 0.2) is 0 Å². The van der Waals surface area contributed by atoms with Gasteiger partial charge < -0.3 is 24.8 Å². The van der Waals surface area contributed by atoms with Gasteiger partial charge in [0.05, 0.1) is 0 Å². The third-order valence-corrected chi connectivity index (χ3v) is 22.6. The Bertz CT molecular complexity index is 812. The van der Waals surface area contributed by atoms with Gasteiger partial charge in [0.1, 0.15) is 0 Å². The van der Waals surface area contributed by atoms with Crippen LogP contribution in [0.1, 0.15) is 40.6 Å². The van der Waals surface area contributed by atoms with E-state index >= 15 is 0 Å². The Kier molecular flexibility index (Phi) is 10.9. The van der Waals surface area contributed by atoms with Crippen LogP contribution in [0.4, 0.5) is 0 Å². The second-order valence-electron chi connectivity index (χ2n) is 6.24. The molecule has 0 saturated heterocycles. The molecule has 2 aromatic rings. The summed E-state index contributed by atoms with van der Waals surface area (Å²) in [6, 6.07) is 19.9. The molecule has 4 heteroatoms. The van der Waals surface area contributed by atoms with Crippen molar-refractivity contribution in [3.05, 3.63) is 92.8 Å². The maximum absolute atomic E-state index is 2.55. The Labute approximate surface area is 186 Å². The molecular weight excluding hydrogens is 466 g/mol. The van der Waals surface area contributed by atoms with Crippen LogP contribution in [0.5, 0.6) is 0 Å². The van der Waals surface area contributed by atoms with Crippen LogP contribution in [-0.4, -0.2) is 6.65 Å². The van der Waals surface area contributed by atoms with Crippen molar-refractivity contribution < 1.29 is 45.7 Å². The number of fused-ring (bicyclic) bond motifs is 1. The molecule has 0 bridgehead atoms. The van der Waals surface area contributed by atoms with Gasteiger partial charge in [-0.1, -0.05) is 13.8 Å². The Hall–Kier alpha value is -0.660. The van der Waals surface area contributed by atoms with E-state index in [1.54, 1.807) is 5.56 Å². The fourth-order valence-electron chi connectivity index (χ4n) is 3.78. The summed E-state index contributed by atoms with van der Waals surface area (Å²) >= 11 is -1.52. The van der Waals surface area contributed by atoms with Crippen molar-refractivity contribution in [2.24, 2.45) is 0 Å². The van der Waals surface area contributed by atoms with Crippen LogP contribution in [0.25, 0.3) is 11.6 Å². The molecule has 2 aliphatic rings. The van der Waals surface area contributed by atoms with Crippen molar-refractivity contribution in [1.82, 2.24) is 0 Å². The van der Waals surface area contributed by atoms with Crippen molar-refractivity contribution in [3.8, 4) is 0 Å². The van der Waals surface area contributed by atoms with Gasteiger partial charge in [-0.2, -0.15) is 0 Å². The zero-order chi connectivity index (χ0) is 17.6. The molecule has 27 heavy (non-hydrogen) atoms. The smallest absolute Gasteiger partial charge is 1.00 e. The molecule has 0 aliphatic heterocycles. The summed E-state index contributed by atoms with van der Waals surface area (Å²) in [5.41, 5.74) is 5.92. The Morgan fingerprint density at radius 1 is 0.926 bits per heavy atom. The largest absolute Gasteiger partial charge is 1.00 e. The summed E-state index contributed by atoms with van der Waals surface area (Å²) in [4.78, 5) is 0. The van der Waals surface area contributed by atoms with Gasteiger partial charge in [0.2, 0.25) is 0 Å². The molecular formula is C23H27Cl2SiZr. The van der Waals surface area contributed by atoms with E-state index in [4.69, 9.17) is 0 Å². The van der Waals surface area contributed by atoms with Crippen LogP contribution in [-0.2, 0) is 20.9 Å². The van der Waals surface area contributed by atoms with Gasteiger partial charge >= 0.3 is 149 Å². The monoisotopic (exact) mass is 491 g/mol. The molecule has 0 radical (unpaired) electrons. The normalized spacial score (nSPS) is 16.5. The predicted octanol–water partition coefficient (Wildman–Crippen LogP) is -0.0900. The van der Waals surface area contributed by atoms with Crippen molar-refractivity contribution in [2.75, 3.05) is 0 Å². The van der Waals surface area contributed by atoms with E-state index in [0.717, 1.165) is 3.63 Å². The van der Waals surface area contributed by atoms with Gasteiger partial charge in [-0.25, -0.2) is 0 Å². The number of hydrogen-bond acceptors (Lipinski definition) is 0. The first-order valence-corrected chi connectivity index (χ1v) is 19.4. The molecule has 1 atom stereocenters.